The van der Waals surface area contributed by atoms with Gasteiger partial charge in [0.05, 0.1) is 27.4 Å². The predicted molar refractivity (Wildman–Crippen MR) is 132 cm³/mol. The molecule has 4 rings (SSSR count). The molecule has 1 amide bonds. The maximum absolute atomic E-state index is 13.5. The molecule has 6 nitrogen and oxygen atoms in total. The van der Waals surface area contributed by atoms with Crippen LogP contribution in [0.5, 0.6) is 23.0 Å². The van der Waals surface area contributed by atoms with Crippen molar-refractivity contribution < 1.29 is 24.1 Å². The Balaban J connectivity index is 1.84. The number of halogens is 1. The maximum atomic E-state index is 13.5. The van der Waals surface area contributed by atoms with Gasteiger partial charge in [-0.1, -0.05) is 54.1 Å². The highest BCUT2D eigenvalue weighted by Gasteiger charge is 2.25. The van der Waals surface area contributed by atoms with Gasteiger partial charge in [-0.25, -0.2) is 0 Å². The number of ether oxygens (including phenoxy) is 3. The molecule has 174 valence electrons. The number of amides is 1. The van der Waals surface area contributed by atoms with E-state index in [-0.39, 0.29) is 11.7 Å². The summed E-state index contributed by atoms with van der Waals surface area (Å²) in [6.07, 6.45) is 0. The number of phenols is 1. The summed E-state index contributed by atoms with van der Waals surface area (Å²) in [5.41, 5.74) is 1.66. The Bertz CT molecular complexity index is 1310. The number of benzene rings is 4. The number of methoxy groups -OCH3 is 3. The number of carbonyl (C=O) groups excluding carboxylic acids is 1. The van der Waals surface area contributed by atoms with Crippen LogP contribution in [-0.2, 0) is 0 Å². The number of aromatic hydroxyl groups is 1. The minimum absolute atomic E-state index is 0.0730. The van der Waals surface area contributed by atoms with Crippen LogP contribution in [-0.4, -0.2) is 32.3 Å². The summed E-state index contributed by atoms with van der Waals surface area (Å²) in [6, 6.07) is 20.8. The molecule has 1 atom stereocenters. The molecule has 0 spiro atoms. The zero-order valence-electron chi connectivity index (χ0n) is 19.0. The Morgan fingerprint density at radius 3 is 2.15 bits per heavy atom. The molecule has 2 N–H and O–H groups in total. The number of hydrogen-bond acceptors (Lipinski definition) is 5. The Labute approximate surface area is 202 Å². The van der Waals surface area contributed by atoms with Gasteiger partial charge in [0.25, 0.3) is 5.91 Å². The quantitative estimate of drug-likeness (QED) is 0.354. The number of phenolic OH excluding ortho intramolecular Hbond substituents is 1. The van der Waals surface area contributed by atoms with Gasteiger partial charge in [0.1, 0.15) is 5.75 Å². The second kappa shape index (κ2) is 9.93. The third-order valence-corrected chi connectivity index (χ3v) is 5.89. The lowest BCUT2D eigenvalue weighted by Crippen LogP contribution is -2.29. The molecule has 0 fully saturated rings. The van der Waals surface area contributed by atoms with E-state index in [1.807, 2.05) is 42.5 Å². The van der Waals surface area contributed by atoms with Gasteiger partial charge >= 0.3 is 0 Å². The fourth-order valence-electron chi connectivity index (χ4n) is 3.99. The van der Waals surface area contributed by atoms with Gasteiger partial charge in [-0.15, -0.1) is 0 Å². The van der Waals surface area contributed by atoms with Crippen molar-refractivity contribution in [3.8, 4) is 23.0 Å². The average Bonchev–Trinajstić information content (AvgIpc) is 2.87. The van der Waals surface area contributed by atoms with Crippen molar-refractivity contribution in [1.82, 2.24) is 5.32 Å². The zero-order chi connectivity index (χ0) is 24.2. The fraction of sp³-hybridized carbons (Fsp3) is 0.148. The van der Waals surface area contributed by atoms with Crippen LogP contribution in [0.2, 0.25) is 5.02 Å². The van der Waals surface area contributed by atoms with Gasteiger partial charge in [0.15, 0.2) is 11.5 Å². The lowest BCUT2D eigenvalue weighted by molar-refractivity contribution is 0.0942. The third-order valence-electron chi connectivity index (χ3n) is 5.64. The van der Waals surface area contributed by atoms with Gasteiger partial charge in [-0.2, -0.15) is 0 Å². The molecule has 7 heteroatoms. The summed E-state index contributed by atoms with van der Waals surface area (Å²) in [7, 11) is 4.48. The predicted octanol–water partition coefficient (Wildman–Crippen LogP) is 5.74. The molecule has 4 aromatic carbocycles. The summed E-state index contributed by atoms with van der Waals surface area (Å²) in [6.45, 7) is 0. The van der Waals surface area contributed by atoms with Crippen LogP contribution in [0.25, 0.3) is 10.8 Å². The molecule has 0 bridgehead atoms. The molecule has 0 saturated heterocycles. The van der Waals surface area contributed by atoms with Crippen LogP contribution < -0.4 is 19.5 Å². The maximum Gasteiger partial charge on any atom is 0.252 e. The van der Waals surface area contributed by atoms with Gasteiger partial charge in [0, 0.05) is 16.1 Å². The lowest BCUT2D eigenvalue weighted by atomic mass is 9.92. The fourth-order valence-corrected chi connectivity index (χ4v) is 4.12. The second-order valence-corrected chi connectivity index (χ2v) is 8.03. The molecular weight excluding hydrogens is 454 g/mol. The number of hydrogen-bond donors (Lipinski definition) is 2. The summed E-state index contributed by atoms with van der Waals surface area (Å²) >= 11 is 6.11. The first kappa shape index (κ1) is 23.3. The summed E-state index contributed by atoms with van der Waals surface area (Å²) in [5, 5.41) is 16.3. The van der Waals surface area contributed by atoms with E-state index in [0.717, 1.165) is 16.3 Å². The van der Waals surface area contributed by atoms with Crippen molar-refractivity contribution >= 4 is 28.3 Å². The van der Waals surface area contributed by atoms with Gasteiger partial charge in [0.2, 0.25) is 5.75 Å². The number of fused-ring (bicyclic) bond motifs is 1. The number of nitrogens with one attached hydrogen (secondary N) is 1. The normalized spacial score (nSPS) is 11.6. The van der Waals surface area contributed by atoms with Gasteiger partial charge in [-0.3, -0.25) is 4.79 Å². The molecule has 0 unspecified atom stereocenters. The molecule has 0 aliphatic rings. The van der Waals surface area contributed by atoms with E-state index in [2.05, 4.69) is 5.32 Å². The standard InChI is InChI=1S/C27H24ClNO5/c1-32-22-14-18(15-23(33-2)26(22)34-3)27(31)29-25(17-8-11-19(28)12-9-17)24-20-7-5-4-6-16(20)10-13-21(24)30/h4-15,25,30H,1-3H3,(H,29,31)/t25-/m1/s1. The van der Waals surface area contributed by atoms with E-state index >= 15 is 0 Å². The summed E-state index contributed by atoms with van der Waals surface area (Å²) < 4.78 is 16.1. The van der Waals surface area contributed by atoms with Crippen molar-refractivity contribution in [1.29, 1.82) is 0 Å². The van der Waals surface area contributed by atoms with Crippen molar-refractivity contribution in [2.75, 3.05) is 21.3 Å². The lowest BCUT2D eigenvalue weighted by Gasteiger charge is -2.23. The first-order valence-corrected chi connectivity index (χ1v) is 10.9. The van der Waals surface area contributed by atoms with Crippen LogP contribution in [0.15, 0.2) is 72.8 Å². The highest BCUT2D eigenvalue weighted by Crippen LogP contribution is 2.39. The van der Waals surface area contributed by atoms with E-state index in [1.165, 1.54) is 21.3 Å². The molecule has 0 aliphatic carbocycles. The number of carbonyl (C=O) groups is 1. The van der Waals surface area contributed by atoms with Crippen molar-refractivity contribution in [2.24, 2.45) is 0 Å². The first-order valence-electron chi connectivity index (χ1n) is 10.5. The van der Waals surface area contributed by atoms with Crippen LogP contribution in [0.1, 0.15) is 27.5 Å². The summed E-state index contributed by atoms with van der Waals surface area (Å²) in [4.78, 5) is 13.5. The molecule has 0 aliphatic heterocycles. The SMILES string of the molecule is COc1cc(C(=O)N[C@H](c2ccc(Cl)cc2)c2c(O)ccc3ccccc23)cc(OC)c1OC. The molecule has 34 heavy (non-hydrogen) atoms. The molecule has 4 aromatic rings. The molecule has 0 aromatic heterocycles. The van der Waals surface area contributed by atoms with Crippen molar-refractivity contribution in [2.45, 2.75) is 6.04 Å². The molecule has 0 saturated carbocycles. The minimum Gasteiger partial charge on any atom is -0.508 e. The molecular formula is C27H24ClNO5. The number of rotatable bonds is 7. The van der Waals surface area contributed by atoms with Crippen LogP contribution >= 0.6 is 11.6 Å². The monoisotopic (exact) mass is 477 g/mol. The highest BCUT2D eigenvalue weighted by atomic mass is 35.5. The van der Waals surface area contributed by atoms with E-state index < -0.39 is 6.04 Å². The van der Waals surface area contributed by atoms with Crippen LogP contribution in [0.3, 0.4) is 0 Å². The first-order chi connectivity index (χ1) is 16.5. The Morgan fingerprint density at radius 1 is 0.882 bits per heavy atom. The average molecular weight is 478 g/mol. The Kier molecular flexibility index (Phi) is 6.80. The molecule has 0 radical (unpaired) electrons. The Hall–Kier alpha value is -3.90. The smallest absolute Gasteiger partial charge is 0.252 e. The topological polar surface area (TPSA) is 77.0 Å². The van der Waals surface area contributed by atoms with Crippen LogP contribution in [0.4, 0.5) is 0 Å². The van der Waals surface area contributed by atoms with E-state index in [0.29, 0.717) is 33.4 Å². The van der Waals surface area contributed by atoms with Gasteiger partial charge in [-0.05, 0) is 46.7 Å². The second-order valence-electron chi connectivity index (χ2n) is 7.59. The van der Waals surface area contributed by atoms with E-state index in [4.69, 9.17) is 25.8 Å². The van der Waals surface area contributed by atoms with E-state index in [9.17, 15) is 9.90 Å². The largest absolute Gasteiger partial charge is 0.508 e. The van der Waals surface area contributed by atoms with Gasteiger partial charge < -0.3 is 24.6 Å². The van der Waals surface area contributed by atoms with Crippen molar-refractivity contribution in [3.63, 3.8) is 0 Å². The van der Waals surface area contributed by atoms with E-state index in [1.54, 1.807) is 30.3 Å². The highest BCUT2D eigenvalue weighted by molar-refractivity contribution is 6.30. The Morgan fingerprint density at radius 2 is 1.53 bits per heavy atom. The van der Waals surface area contributed by atoms with Crippen LogP contribution in [0, 0.1) is 0 Å². The summed E-state index contributed by atoms with van der Waals surface area (Å²) in [5.74, 6) is 0.809. The molecule has 0 heterocycles. The zero-order valence-corrected chi connectivity index (χ0v) is 19.7. The third kappa shape index (κ3) is 4.45. The minimum atomic E-state index is -0.657. The van der Waals surface area contributed by atoms with Crippen molar-refractivity contribution in [3.05, 3.63) is 94.5 Å².